The molecule has 1 unspecified atom stereocenters. The van der Waals surface area contributed by atoms with Crippen LogP contribution >= 0.6 is 7.60 Å². The number of carbonyl (C=O) groups excluding carboxylic acids is 1. The van der Waals surface area contributed by atoms with Gasteiger partial charge in [-0.1, -0.05) is 29.8 Å². The Morgan fingerprint density at radius 2 is 1.76 bits per heavy atom. The zero-order chi connectivity index (χ0) is 15.5. The van der Waals surface area contributed by atoms with Crippen molar-refractivity contribution in [3.8, 4) is 0 Å². The maximum Gasteiger partial charge on any atom is 0.366 e. The molecular weight excluding hydrogens is 291 g/mol. The number of hydrogen-bond acceptors (Lipinski definition) is 5. The average molecular weight is 312 g/mol. The van der Waals surface area contributed by atoms with E-state index in [2.05, 4.69) is 0 Å². The summed E-state index contributed by atoms with van der Waals surface area (Å²) in [6.07, 6.45) is -0.199. The van der Waals surface area contributed by atoms with Crippen LogP contribution in [-0.2, 0) is 23.1 Å². The first-order valence-electron chi connectivity index (χ1n) is 7.13. The van der Waals surface area contributed by atoms with Gasteiger partial charge in [-0.2, -0.15) is 0 Å². The van der Waals surface area contributed by atoms with Gasteiger partial charge in [0.05, 0.1) is 19.3 Å². The molecule has 6 heteroatoms. The zero-order valence-corrected chi connectivity index (χ0v) is 13.5. The molecule has 5 nitrogen and oxygen atoms in total. The third-order valence-corrected chi connectivity index (χ3v) is 5.53. The number of carbonyl (C=O) groups is 1. The Balaban J connectivity index is 2.18. The van der Waals surface area contributed by atoms with E-state index in [1.54, 1.807) is 13.8 Å². The first kappa shape index (κ1) is 16.4. The van der Waals surface area contributed by atoms with Gasteiger partial charge in [-0.3, -0.25) is 9.36 Å². The Kier molecular flexibility index (Phi) is 5.33. The minimum absolute atomic E-state index is 0.192. The number of benzene rings is 1. The molecule has 116 valence electrons. The predicted molar refractivity (Wildman–Crippen MR) is 79.3 cm³/mol. The van der Waals surface area contributed by atoms with Crippen molar-refractivity contribution in [3.05, 3.63) is 35.4 Å². The van der Waals surface area contributed by atoms with Crippen molar-refractivity contribution in [2.75, 3.05) is 13.2 Å². The van der Waals surface area contributed by atoms with Gasteiger partial charge in [0.15, 0.2) is 5.78 Å². The van der Waals surface area contributed by atoms with Crippen LogP contribution < -0.4 is 0 Å². The Morgan fingerprint density at radius 3 is 2.29 bits per heavy atom. The van der Waals surface area contributed by atoms with Crippen LogP contribution in [-0.4, -0.2) is 24.8 Å². The van der Waals surface area contributed by atoms with Crippen LogP contribution in [0.3, 0.4) is 0 Å². The molecule has 0 amide bonds. The molecule has 0 saturated carbocycles. The van der Waals surface area contributed by atoms with Crippen LogP contribution in [0, 0.1) is 6.92 Å². The number of rotatable bonds is 6. The molecule has 0 radical (unpaired) electrons. The summed E-state index contributed by atoms with van der Waals surface area (Å²) in [5, 5.41) is 0. The lowest BCUT2D eigenvalue weighted by molar-refractivity contribution is -0.120. The third kappa shape index (κ3) is 3.61. The summed E-state index contributed by atoms with van der Waals surface area (Å²) in [6.45, 7) is 5.83. The number of aryl methyl sites for hydroxylation is 1. The van der Waals surface area contributed by atoms with E-state index in [0.717, 1.165) is 11.1 Å². The second-order valence-corrected chi connectivity index (χ2v) is 7.00. The van der Waals surface area contributed by atoms with E-state index in [-0.39, 0.29) is 25.4 Å². The van der Waals surface area contributed by atoms with Gasteiger partial charge in [0.1, 0.15) is 0 Å². The molecule has 1 aliphatic heterocycles. The van der Waals surface area contributed by atoms with E-state index in [0.29, 0.717) is 0 Å². The molecule has 0 aliphatic carbocycles. The lowest BCUT2D eigenvalue weighted by Crippen LogP contribution is -2.19. The van der Waals surface area contributed by atoms with E-state index < -0.39 is 19.5 Å². The quantitative estimate of drug-likeness (QED) is 0.751. The highest BCUT2D eigenvalue weighted by Gasteiger charge is 2.48. The molecule has 1 heterocycles. The minimum atomic E-state index is -3.56. The average Bonchev–Trinajstić information content (AvgIpc) is 2.83. The van der Waals surface area contributed by atoms with E-state index in [1.165, 1.54) is 0 Å². The van der Waals surface area contributed by atoms with Crippen molar-refractivity contribution in [3.63, 3.8) is 0 Å². The molecule has 1 aliphatic rings. The highest BCUT2D eigenvalue weighted by Crippen LogP contribution is 2.57. The Labute approximate surface area is 125 Å². The Morgan fingerprint density at radius 1 is 1.19 bits per heavy atom. The molecule has 0 N–H and O–H groups in total. The van der Waals surface area contributed by atoms with E-state index >= 15 is 0 Å². The number of ether oxygens (including phenoxy) is 1. The fourth-order valence-corrected chi connectivity index (χ4v) is 4.14. The van der Waals surface area contributed by atoms with Crippen molar-refractivity contribution >= 4 is 13.4 Å². The highest BCUT2D eigenvalue weighted by molar-refractivity contribution is 7.55. The highest BCUT2D eigenvalue weighted by atomic mass is 31.2. The molecule has 2 atom stereocenters. The van der Waals surface area contributed by atoms with Crippen LogP contribution in [0.2, 0.25) is 0 Å². The molecule has 21 heavy (non-hydrogen) atoms. The van der Waals surface area contributed by atoms with Crippen molar-refractivity contribution in [1.82, 2.24) is 0 Å². The van der Waals surface area contributed by atoms with Crippen LogP contribution in [0.5, 0.6) is 0 Å². The minimum Gasteiger partial charge on any atom is -0.350 e. The van der Waals surface area contributed by atoms with Crippen LogP contribution in [0.1, 0.15) is 37.5 Å². The standard InChI is InChI=1S/C15H21O5P/c1-4-18-21(17,19-5-2)15-13(16)10-14(20-15)12-8-6-11(3)7-9-12/h6-9,14-15H,4-5,10H2,1-3H3/t14-,15?/m1/s1. The predicted octanol–water partition coefficient (Wildman–Crippen LogP) is 3.62. The molecule has 0 spiro atoms. The van der Waals surface area contributed by atoms with Crippen molar-refractivity contribution < 1.29 is 23.1 Å². The second kappa shape index (κ2) is 6.84. The summed E-state index contributed by atoms with van der Waals surface area (Å²) in [4.78, 5) is 12.2. The summed E-state index contributed by atoms with van der Waals surface area (Å²) in [7, 11) is -3.56. The van der Waals surface area contributed by atoms with Gasteiger partial charge in [-0.15, -0.1) is 0 Å². The fourth-order valence-electron chi connectivity index (χ4n) is 2.32. The molecule has 1 fully saturated rings. The Bertz CT molecular complexity index is 529. The van der Waals surface area contributed by atoms with E-state index in [1.807, 2.05) is 31.2 Å². The molecular formula is C15H21O5P. The summed E-state index contributed by atoms with van der Waals surface area (Å²) in [5.74, 6) is -1.35. The smallest absolute Gasteiger partial charge is 0.350 e. The summed E-state index contributed by atoms with van der Waals surface area (Å²) < 4.78 is 28.8. The summed E-state index contributed by atoms with van der Waals surface area (Å²) in [6, 6.07) is 7.76. The molecule has 1 aromatic rings. The van der Waals surface area contributed by atoms with Gasteiger partial charge in [0.25, 0.3) is 0 Å². The molecule has 1 saturated heterocycles. The monoisotopic (exact) mass is 312 g/mol. The van der Waals surface area contributed by atoms with E-state index in [9.17, 15) is 9.36 Å². The maximum atomic E-state index is 12.7. The van der Waals surface area contributed by atoms with Gasteiger partial charge >= 0.3 is 7.60 Å². The SMILES string of the molecule is CCOP(=O)(OCC)C1O[C@@H](c2ccc(C)cc2)CC1=O. The number of ketones is 1. The first-order valence-corrected chi connectivity index (χ1v) is 8.75. The van der Waals surface area contributed by atoms with Gasteiger partial charge in [0.2, 0.25) is 5.85 Å². The topological polar surface area (TPSA) is 61.8 Å². The summed E-state index contributed by atoms with van der Waals surface area (Å²) in [5.41, 5.74) is 2.03. The lowest BCUT2D eigenvalue weighted by Gasteiger charge is -2.22. The molecule has 1 aromatic carbocycles. The summed E-state index contributed by atoms with van der Waals surface area (Å²) >= 11 is 0. The van der Waals surface area contributed by atoms with Crippen LogP contribution in [0.15, 0.2) is 24.3 Å². The van der Waals surface area contributed by atoms with Crippen molar-refractivity contribution in [1.29, 1.82) is 0 Å². The molecule has 2 rings (SSSR count). The third-order valence-electron chi connectivity index (χ3n) is 3.31. The van der Waals surface area contributed by atoms with Crippen molar-refractivity contribution in [2.24, 2.45) is 0 Å². The molecule has 0 aromatic heterocycles. The first-order chi connectivity index (χ1) is 10.00. The fraction of sp³-hybridized carbons (Fsp3) is 0.533. The second-order valence-electron chi connectivity index (χ2n) is 4.93. The van der Waals surface area contributed by atoms with Gasteiger partial charge < -0.3 is 13.8 Å². The maximum absolute atomic E-state index is 12.7. The lowest BCUT2D eigenvalue weighted by atomic mass is 10.1. The molecule has 0 bridgehead atoms. The van der Waals surface area contributed by atoms with Gasteiger partial charge in [-0.25, -0.2) is 0 Å². The zero-order valence-electron chi connectivity index (χ0n) is 12.6. The van der Waals surface area contributed by atoms with Crippen LogP contribution in [0.4, 0.5) is 0 Å². The Hall–Kier alpha value is -1.00. The number of hydrogen-bond donors (Lipinski definition) is 0. The van der Waals surface area contributed by atoms with Gasteiger partial charge in [-0.05, 0) is 26.3 Å². The number of Topliss-reactive ketones (excluding diaryl/α,β-unsaturated/α-hetero) is 1. The van der Waals surface area contributed by atoms with Crippen LogP contribution in [0.25, 0.3) is 0 Å². The van der Waals surface area contributed by atoms with Crippen molar-refractivity contribution in [2.45, 2.75) is 39.1 Å². The van der Waals surface area contributed by atoms with Gasteiger partial charge in [0, 0.05) is 6.42 Å². The normalized spacial score (nSPS) is 22.7. The van der Waals surface area contributed by atoms with E-state index in [4.69, 9.17) is 13.8 Å². The largest absolute Gasteiger partial charge is 0.366 e.